The van der Waals surface area contributed by atoms with E-state index in [1.807, 2.05) is 6.08 Å². The largest absolute Gasteiger partial charge is 0.281 e. The van der Waals surface area contributed by atoms with Gasteiger partial charge in [0.2, 0.25) is 0 Å². The van der Waals surface area contributed by atoms with E-state index < -0.39 is 0 Å². The van der Waals surface area contributed by atoms with Gasteiger partial charge in [0.25, 0.3) is 0 Å². The molecule has 0 N–H and O–H groups in total. The first kappa shape index (κ1) is 8.36. The van der Waals surface area contributed by atoms with E-state index >= 15 is 0 Å². The lowest BCUT2D eigenvalue weighted by Crippen LogP contribution is -2.16. The highest BCUT2D eigenvalue weighted by Gasteiger charge is 2.17. The Hall–Kier alpha value is 0.260. The highest BCUT2D eigenvalue weighted by atomic mass is 31.0. The predicted molar refractivity (Wildman–Crippen MR) is 49.0 cm³/mol. The maximum Gasteiger partial charge on any atom is 0.0919 e. The summed E-state index contributed by atoms with van der Waals surface area (Å²) in [5.41, 5.74) is 0. The predicted octanol–water partition coefficient (Wildman–Crippen LogP) is 0.419. The Balaban J connectivity index is 2.48. The second-order valence-electron chi connectivity index (χ2n) is 2.61. The van der Waals surface area contributed by atoms with E-state index in [4.69, 9.17) is 15.7 Å². The van der Waals surface area contributed by atoms with Gasteiger partial charge < -0.3 is 0 Å². The molecule has 0 aliphatic carbocycles. The van der Waals surface area contributed by atoms with Crippen molar-refractivity contribution in [1.29, 1.82) is 0 Å². The average molecular weight is 149 g/mol. The molecule has 1 nitrogen and oxygen atoms in total. The molecular formula is C6H10B2NP. The van der Waals surface area contributed by atoms with Crippen molar-refractivity contribution in [3.63, 3.8) is 0 Å². The highest BCUT2D eigenvalue weighted by Crippen LogP contribution is 2.21. The van der Waals surface area contributed by atoms with Crippen LogP contribution in [0, 0.1) is 0 Å². The van der Waals surface area contributed by atoms with Crippen LogP contribution in [0.2, 0.25) is 0 Å². The van der Waals surface area contributed by atoms with Crippen LogP contribution >= 0.6 is 9.39 Å². The van der Waals surface area contributed by atoms with E-state index in [2.05, 4.69) is 14.1 Å². The molecule has 0 saturated carbocycles. The third kappa shape index (κ3) is 2.14. The second kappa shape index (κ2) is 3.59. The van der Waals surface area contributed by atoms with Crippen LogP contribution in [0.25, 0.3) is 0 Å². The molecule has 1 fully saturated rings. The van der Waals surface area contributed by atoms with Gasteiger partial charge in [-0.2, -0.15) is 5.37 Å². The van der Waals surface area contributed by atoms with E-state index in [9.17, 15) is 0 Å². The van der Waals surface area contributed by atoms with E-state index in [0.29, 0.717) is 11.4 Å². The lowest BCUT2D eigenvalue weighted by molar-refractivity contribution is 0.504. The van der Waals surface area contributed by atoms with Gasteiger partial charge in [0.15, 0.2) is 0 Å². The smallest absolute Gasteiger partial charge is 0.0919 e. The van der Waals surface area contributed by atoms with Crippen molar-refractivity contribution in [3.05, 3.63) is 11.4 Å². The van der Waals surface area contributed by atoms with Gasteiger partial charge in [-0.1, -0.05) is 15.5 Å². The first-order valence-corrected chi connectivity index (χ1v) is 3.96. The van der Waals surface area contributed by atoms with Gasteiger partial charge >= 0.3 is 0 Å². The maximum absolute atomic E-state index is 5.34. The van der Waals surface area contributed by atoms with Gasteiger partial charge in [-0.05, 0) is 12.8 Å². The van der Waals surface area contributed by atoms with E-state index in [1.165, 1.54) is 12.8 Å². The van der Waals surface area contributed by atoms with E-state index in [0.717, 1.165) is 6.54 Å². The van der Waals surface area contributed by atoms with Crippen molar-refractivity contribution in [2.75, 3.05) is 6.54 Å². The maximum atomic E-state index is 5.34. The van der Waals surface area contributed by atoms with Crippen LogP contribution in [0.5, 0.6) is 0 Å². The number of rotatable bonds is 1. The van der Waals surface area contributed by atoms with Gasteiger partial charge in [0.05, 0.1) is 15.7 Å². The number of hydrogen-bond acceptors (Lipinski definition) is 1. The average Bonchev–Trinajstić information content (AvgIpc) is 2.15. The van der Waals surface area contributed by atoms with Gasteiger partial charge in [-0.3, -0.25) is 4.67 Å². The van der Waals surface area contributed by atoms with Crippen molar-refractivity contribution in [1.82, 2.24) is 4.67 Å². The van der Waals surface area contributed by atoms with Crippen LogP contribution < -0.4 is 0 Å². The topological polar surface area (TPSA) is 3.24 Å². The Bertz CT molecular complexity index is 145. The zero-order chi connectivity index (χ0) is 7.56. The molecule has 4 heteroatoms. The monoisotopic (exact) mass is 149 g/mol. The molecule has 2 atom stereocenters. The summed E-state index contributed by atoms with van der Waals surface area (Å²) in [5, 5.41) is 0.430. The summed E-state index contributed by atoms with van der Waals surface area (Å²) in [5.74, 6) is 0. The Morgan fingerprint density at radius 2 is 2.30 bits per heavy atom. The lowest BCUT2D eigenvalue weighted by Gasteiger charge is -2.15. The van der Waals surface area contributed by atoms with Crippen LogP contribution in [0.3, 0.4) is 0 Å². The molecule has 2 unspecified atom stereocenters. The molecule has 1 aliphatic heterocycles. The lowest BCUT2D eigenvalue weighted by atomic mass is 9.77. The quantitative estimate of drug-likeness (QED) is 0.385. The molecule has 1 heterocycles. The first-order chi connectivity index (χ1) is 4.70. The van der Waals surface area contributed by atoms with Crippen LogP contribution in [0.15, 0.2) is 11.4 Å². The molecule has 0 amide bonds. The van der Waals surface area contributed by atoms with Gasteiger partial charge in [0.1, 0.15) is 0 Å². The zero-order valence-corrected chi connectivity index (χ0v) is 7.11. The molecule has 0 aromatic carbocycles. The van der Waals surface area contributed by atoms with E-state index in [-0.39, 0.29) is 0 Å². The summed E-state index contributed by atoms with van der Waals surface area (Å²) < 4.78 is 2.18. The van der Waals surface area contributed by atoms with Gasteiger partial charge in [0, 0.05) is 12.6 Å². The minimum Gasteiger partial charge on any atom is -0.281 e. The fraction of sp³-hybridized carbons (Fsp3) is 0.667. The standard InChI is InChI=1S/C6H10B2NP/c7-6(8)4-5-2-1-3-9(5)10/h4-5H,1-3,10H2. The first-order valence-electron chi connectivity index (χ1n) is 3.44. The fourth-order valence-electron chi connectivity index (χ4n) is 1.22. The summed E-state index contributed by atoms with van der Waals surface area (Å²) in [6.07, 6.45) is 4.30. The van der Waals surface area contributed by atoms with Crippen LogP contribution in [0.4, 0.5) is 0 Å². The molecule has 1 aliphatic rings. The third-order valence-electron chi connectivity index (χ3n) is 1.73. The molecule has 0 aromatic heterocycles. The Kier molecular flexibility index (Phi) is 3.00. The molecule has 0 bridgehead atoms. The Morgan fingerprint density at radius 3 is 2.70 bits per heavy atom. The van der Waals surface area contributed by atoms with Gasteiger partial charge in [-0.25, -0.2) is 0 Å². The summed E-state index contributed by atoms with van der Waals surface area (Å²) in [4.78, 5) is 0. The summed E-state index contributed by atoms with van der Waals surface area (Å²) in [7, 11) is 13.4. The number of nitrogens with zero attached hydrogens (tertiary/aromatic N) is 1. The molecule has 10 heavy (non-hydrogen) atoms. The SMILES string of the molecule is [B]C([B])=CC1CCCN1P. The molecule has 0 spiro atoms. The third-order valence-corrected chi connectivity index (χ3v) is 2.37. The zero-order valence-electron chi connectivity index (χ0n) is 5.96. The second-order valence-corrected chi connectivity index (χ2v) is 3.28. The minimum absolute atomic E-state index is 0.430. The Morgan fingerprint density at radius 1 is 1.60 bits per heavy atom. The molecule has 1 saturated heterocycles. The summed E-state index contributed by atoms with van der Waals surface area (Å²) in [6.45, 7) is 1.12. The molecule has 50 valence electrons. The summed E-state index contributed by atoms with van der Waals surface area (Å²) in [6, 6.07) is 0.440. The van der Waals surface area contributed by atoms with Crippen LogP contribution in [-0.4, -0.2) is 32.9 Å². The van der Waals surface area contributed by atoms with Crippen LogP contribution in [0.1, 0.15) is 12.8 Å². The van der Waals surface area contributed by atoms with Crippen molar-refractivity contribution >= 4 is 25.1 Å². The molecular weight excluding hydrogens is 139 g/mol. The number of hydrogen-bond donors (Lipinski definition) is 0. The molecule has 1 rings (SSSR count). The normalized spacial score (nSPS) is 26.7. The van der Waals surface area contributed by atoms with Crippen molar-refractivity contribution in [3.8, 4) is 0 Å². The van der Waals surface area contributed by atoms with Crippen LogP contribution in [-0.2, 0) is 0 Å². The molecule has 4 radical (unpaired) electrons. The van der Waals surface area contributed by atoms with Gasteiger partial charge in [-0.15, -0.1) is 0 Å². The minimum atomic E-state index is 0.430. The molecule has 0 aromatic rings. The summed E-state index contributed by atoms with van der Waals surface area (Å²) >= 11 is 0. The fourth-order valence-corrected chi connectivity index (χ4v) is 1.63. The highest BCUT2D eigenvalue weighted by molar-refractivity contribution is 7.13. The van der Waals surface area contributed by atoms with Crippen molar-refractivity contribution in [2.24, 2.45) is 0 Å². The Labute approximate surface area is 67.3 Å². The van der Waals surface area contributed by atoms with E-state index in [1.54, 1.807) is 0 Å². The van der Waals surface area contributed by atoms with Crippen molar-refractivity contribution < 1.29 is 0 Å². The van der Waals surface area contributed by atoms with Crippen molar-refractivity contribution in [2.45, 2.75) is 18.9 Å².